The van der Waals surface area contributed by atoms with Crippen molar-refractivity contribution < 1.29 is 13.2 Å². The number of hydrogen-bond acceptors (Lipinski definition) is 5. The summed E-state index contributed by atoms with van der Waals surface area (Å²) in [5.74, 6) is 0.0769. The summed E-state index contributed by atoms with van der Waals surface area (Å²) in [7, 11) is -3.49. The van der Waals surface area contributed by atoms with E-state index >= 15 is 0 Å². The molecule has 0 bridgehead atoms. The number of aromatic nitrogens is 2. The first kappa shape index (κ1) is 21.7. The highest BCUT2D eigenvalue weighted by Gasteiger charge is 2.27. The molecule has 0 unspecified atom stereocenters. The van der Waals surface area contributed by atoms with Gasteiger partial charge in [-0.25, -0.2) is 13.4 Å². The molecule has 8 nitrogen and oxygen atoms in total. The maximum Gasteiger partial charge on any atom is 0.253 e. The van der Waals surface area contributed by atoms with Gasteiger partial charge in [0.15, 0.2) is 0 Å². The second-order valence-electron chi connectivity index (χ2n) is 8.22. The average Bonchev–Trinajstić information content (AvgIpc) is 3.49. The van der Waals surface area contributed by atoms with Gasteiger partial charge in [0.1, 0.15) is 0 Å². The predicted molar refractivity (Wildman–Crippen MR) is 116 cm³/mol. The summed E-state index contributed by atoms with van der Waals surface area (Å²) in [5.41, 5.74) is 1.14. The predicted octanol–water partition coefficient (Wildman–Crippen LogP) is 2.12. The van der Waals surface area contributed by atoms with Gasteiger partial charge in [-0.1, -0.05) is 12.8 Å². The first-order valence-corrected chi connectivity index (χ1v) is 12.3. The number of sulfonamides is 1. The summed E-state index contributed by atoms with van der Waals surface area (Å²) >= 11 is 0. The molecule has 0 spiro atoms. The molecule has 1 aromatic heterocycles. The van der Waals surface area contributed by atoms with Crippen molar-refractivity contribution in [3.8, 4) is 0 Å². The van der Waals surface area contributed by atoms with Gasteiger partial charge in [0.05, 0.1) is 16.9 Å². The Balaban J connectivity index is 1.32. The molecule has 1 aliphatic heterocycles. The lowest BCUT2D eigenvalue weighted by Gasteiger charge is -2.15. The maximum atomic E-state index is 12.6. The number of amides is 1. The summed E-state index contributed by atoms with van der Waals surface area (Å²) in [6.45, 7) is 1.68. The first-order valence-electron chi connectivity index (χ1n) is 10.9. The Morgan fingerprint density at radius 3 is 2.39 bits per heavy atom. The molecule has 1 amide bonds. The molecule has 1 aliphatic carbocycles. The van der Waals surface area contributed by atoms with E-state index in [9.17, 15) is 18.0 Å². The van der Waals surface area contributed by atoms with Crippen LogP contribution in [0.4, 0.5) is 0 Å². The van der Waals surface area contributed by atoms with Crippen LogP contribution < -0.4 is 10.9 Å². The number of rotatable bonds is 7. The highest BCUT2D eigenvalue weighted by atomic mass is 32.2. The van der Waals surface area contributed by atoms with E-state index in [1.807, 2.05) is 0 Å². The fourth-order valence-electron chi connectivity index (χ4n) is 4.30. The van der Waals surface area contributed by atoms with Crippen molar-refractivity contribution >= 4 is 15.9 Å². The van der Waals surface area contributed by atoms with Crippen LogP contribution in [0.3, 0.4) is 0 Å². The Bertz CT molecular complexity index is 1080. The number of hydrogen-bond donors (Lipinski definition) is 1. The minimum atomic E-state index is -3.49. The third-order valence-corrected chi connectivity index (χ3v) is 8.04. The highest BCUT2D eigenvalue weighted by Crippen LogP contribution is 2.32. The monoisotopic (exact) mass is 444 g/mol. The lowest BCUT2D eigenvalue weighted by atomic mass is 10.0. The molecule has 1 saturated heterocycles. The van der Waals surface area contributed by atoms with Gasteiger partial charge in [0.25, 0.3) is 11.5 Å². The van der Waals surface area contributed by atoms with Crippen molar-refractivity contribution in [1.82, 2.24) is 19.2 Å². The maximum absolute atomic E-state index is 12.6. The molecule has 2 fully saturated rings. The van der Waals surface area contributed by atoms with Crippen molar-refractivity contribution in [2.24, 2.45) is 0 Å². The SMILES string of the molecule is O=C(NCCn1cnc(C2CCCC2)cc1=O)c1ccc(S(=O)(=O)N2CCCC2)cc1. The smallest absolute Gasteiger partial charge is 0.253 e. The molecular weight excluding hydrogens is 416 g/mol. The molecular formula is C22H28N4O4S. The number of carbonyl (C=O) groups excluding carboxylic acids is 1. The quantitative estimate of drug-likeness (QED) is 0.705. The zero-order valence-electron chi connectivity index (χ0n) is 17.5. The summed E-state index contributed by atoms with van der Waals surface area (Å²) in [5, 5.41) is 2.77. The molecule has 2 aromatic rings. The third-order valence-electron chi connectivity index (χ3n) is 6.13. The van der Waals surface area contributed by atoms with Crippen molar-refractivity contribution in [2.45, 2.75) is 55.9 Å². The van der Waals surface area contributed by atoms with Gasteiger partial charge >= 0.3 is 0 Å². The van der Waals surface area contributed by atoms with E-state index in [-0.39, 0.29) is 22.9 Å². The summed E-state index contributed by atoms with van der Waals surface area (Å²) in [4.78, 5) is 29.4. The lowest BCUT2D eigenvalue weighted by Crippen LogP contribution is -2.31. The summed E-state index contributed by atoms with van der Waals surface area (Å²) in [6, 6.07) is 7.58. The molecule has 1 saturated carbocycles. The van der Waals surface area contributed by atoms with Crippen LogP contribution in [0, 0.1) is 0 Å². The van der Waals surface area contributed by atoms with E-state index in [2.05, 4.69) is 10.3 Å². The minimum absolute atomic E-state index is 0.109. The van der Waals surface area contributed by atoms with Crippen LogP contribution >= 0.6 is 0 Å². The van der Waals surface area contributed by atoms with Crippen LogP contribution in [0.1, 0.15) is 60.5 Å². The molecule has 0 atom stereocenters. The first-order chi connectivity index (χ1) is 14.9. The zero-order chi connectivity index (χ0) is 21.8. The van der Waals surface area contributed by atoms with Crippen molar-refractivity contribution in [2.75, 3.05) is 19.6 Å². The zero-order valence-corrected chi connectivity index (χ0v) is 18.3. The van der Waals surface area contributed by atoms with Crippen LogP contribution in [0.5, 0.6) is 0 Å². The average molecular weight is 445 g/mol. The van der Waals surface area contributed by atoms with Crippen LogP contribution in [0.2, 0.25) is 0 Å². The van der Waals surface area contributed by atoms with Crippen LogP contribution in [0.15, 0.2) is 46.3 Å². The molecule has 9 heteroatoms. The van der Waals surface area contributed by atoms with E-state index in [4.69, 9.17) is 0 Å². The molecule has 1 aromatic carbocycles. The standard InChI is InChI=1S/C22H28N4O4S/c27-21-15-20(17-5-1-2-6-17)24-16-25(21)14-11-23-22(28)18-7-9-19(10-8-18)31(29,30)26-12-3-4-13-26/h7-10,15-17H,1-6,11-14H2,(H,23,28). The molecule has 1 N–H and O–H groups in total. The van der Waals surface area contributed by atoms with E-state index in [1.54, 1.807) is 12.4 Å². The second-order valence-corrected chi connectivity index (χ2v) is 10.2. The fraction of sp³-hybridized carbons (Fsp3) is 0.500. The van der Waals surface area contributed by atoms with Crippen molar-refractivity contribution in [3.05, 3.63) is 58.3 Å². The fourth-order valence-corrected chi connectivity index (χ4v) is 5.82. The van der Waals surface area contributed by atoms with E-state index in [0.717, 1.165) is 31.4 Å². The van der Waals surface area contributed by atoms with Gasteiger partial charge < -0.3 is 5.32 Å². The van der Waals surface area contributed by atoms with Gasteiger partial charge in [-0.2, -0.15) is 4.31 Å². The topological polar surface area (TPSA) is 101 Å². The van der Waals surface area contributed by atoms with E-state index in [1.165, 1.54) is 46.0 Å². The second kappa shape index (κ2) is 9.32. The van der Waals surface area contributed by atoms with Gasteiger partial charge in [-0.15, -0.1) is 0 Å². The van der Waals surface area contributed by atoms with Gasteiger partial charge in [0.2, 0.25) is 10.0 Å². The molecule has 2 aliphatic rings. The van der Waals surface area contributed by atoms with E-state index in [0.29, 0.717) is 31.1 Å². The van der Waals surface area contributed by atoms with E-state index < -0.39 is 10.0 Å². The van der Waals surface area contributed by atoms with Crippen molar-refractivity contribution in [1.29, 1.82) is 0 Å². The molecule has 4 rings (SSSR count). The number of nitrogens with zero attached hydrogens (tertiary/aromatic N) is 3. The Morgan fingerprint density at radius 1 is 1.06 bits per heavy atom. The van der Waals surface area contributed by atoms with Crippen molar-refractivity contribution in [3.63, 3.8) is 0 Å². The normalized spacial score (nSPS) is 17.8. The Hall–Kier alpha value is -2.52. The highest BCUT2D eigenvalue weighted by molar-refractivity contribution is 7.89. The summed E-state index contributed by atoms with van der Waals surface area (Å²) < 4.78 is 28.1. The summed E-state index contributed by atoms with van der Waals surface area (Å²) in [6.07, 6.45) is 7.86. The molecule has 31 heavy (non-hydrogen) atoms. The Kier molecular flexibility index (Phi) is 6.52. The molecule has 0 radical (unpaired) electrons. The number of benzene rings is 1. The molecule has 166 valence electrons. The lowest BCUT2D eigenvalue weighted by molar-refractivity contribution is 0.0952. The minimum Gasteiger partial charge on any atom is -0.350 e. The molecule has 2 heterocycles. The number of nitrogens with one attached hydrogen (secondary N) is 1. The Morgan fingerprint density at radius 2 is 1.74 bits per heavy atom. The number of carbonyl (C=O) groups is 1. The Labute approximate surface area is 182 Å². The largest absolute Gasteiger partial charge is 0.350 e. The van der Waals surface area contributed by atoms with Gasteiger partial charge in [-0.3, -0.25) is 14.2 Å². The van der Waals surface area contributed by atoms with Gasteiger partial charge in [-0.05, 0) is 49.9 Å². The van der Waals surface area contributed by atoms with Crippen LogP contribution in [-0.2, 0) is 16.6 Å². The van der Waals surface area contributed by atoms with Crippen LogP contribution in [0.25, 0.3) is 0 Å². The van der Waals surface area contributed by atoms with Gasteiger partial charge in [0, 0.05) is 43.7 Å². The van der Waals surface area contributed by atoms with Crippen LogP contribution in [-0.4, -0.2) is 47.8 Å². The third kappa shape index (κ3) is 4.88.